The molecular formula is C9H13NS2. The second-order valence-electron chi connectivity index (χ2n) is 2.60. The first kappa shape index (κ1) is 9.93. The van der Waals surface area contributed by atoms with Crippen LogP contribution in [0.5, 0.6) is 0 Å². The van der Waals surface area contributed by atoms with Gasteiger partial charge in [-0.2, -0.15) is 25.3 Å². The van der Waals surface area contributed by atoms with E-state index in [0.717, 1.165) is 30.0 Å². The van der Waals surface area contributed by atoms with Gasteiger partial charge in [-0.05, 0) is 42.0 Å². The van der Waals surface area contributed by atoms with Crippen molar-refractivity contribution in [3.05, 3.63) is 29.6 Å². The van der Waals surface area contributed by atoms with E-state index in [4.69, 9.17) is 0 Å². The summed E-state index contributed by atoms with van der Waals surface area (Å²) in [6.07, 6.45) is 3.83. The van der Waals surface area contributed by atoms with Gasteiger partial charge < -0.3 is 0 Å². The summed E-state index contributed by atoms with van der Waals surface area (Å²) < 4.78 is 0. The second kappa shape index (κ2) is 5.49. The van der Waals surface area contributed by atoms with Crippen LogP contribution in [0, 0.1) is 0 Å². The Labute approximate surface area is 84.4 Å². The Kier molecular flexibility index (Phi) is 4.54. The molecule has 0 aromatic carbocycles. The van der Waals surface area contributed by atoms with Crippen LogP contribution in [0.3, 0.4) is 0 Å². The lowest BCUT2D eigenvalue weighted by Crippen LogP contribution is -1.94. The average molecular weight is 199 g/mol. The van der Waals surface area contributed by atoms with Crippen LogP contribution in [0.2, 0.25) is 0 Å². The lowest BCUT2D eigenvalue weighted by molar-refractivity contribution is 1.02. The van der Waals surface area contributed by atoms with Crippen LogP contribution in [-0.2, 0) is 12.8 Å². The van der Waals surface area contributed by atoms with E-state index >= 15 is 0 Å². The van der Waals surface area contributed by atoms with E-state index in [1.54, 1.807) is 0 Å². The van der Waals surface area contributed by atoms with E-state index in [2.05, 4.69) is 36.3 Å². The van der Waals surface area contributed by atoms with E-state index in [1.807, 2.05) is 12.3 Å². The summed E-state index contributed by atoms with van der Waals surface area (Å²) in [5.41, 5.74) is 2.45. The van der Waals surface area contributed by atoms with Crippen molar-refractivity contribution in [2.45, 2.75) is 12.8 Å². The third-order valence-electron chi connectivity index (χ3n) is 1.65. The van der Waals surface area contributed by atoms with E-state index in [0.29, 0.717) is 0 Å². The Morgan fingerprint density at radius 2 is 1.92 bits per heavy atom. The summed E-state index contributed by atoms with van der Waals surface area (Å²) in [6.45, 7) is 0. The zero-order valence-corrected chi connectivity index (χ0v) is 8.69. The molecule has 1 rings (SSSR count). The van der Waals surface area contributed by atoms with Crippen molar-refractivity contribution in [3.8, 4) is 0 Å². The van der Waals surface area contributed by atoms with Gasteiger partial charge in [-0.3, -0.25) is 4.98 Å². The molecule has 0 aliphatic carbocycles. The fourth-order valence-corrected chi connectivity index (χ4v) is 1.55. The van der Waals surface area contributed by atoms with E-state index in [9.17, 15) is 0 Å². The number of aryl methyl sites for hydroxylation is 2. The van der Waals surface area contributed by atoms with Crippen molar-refractivity contribution in [1.82, 2.24) is 4.98 Å². The van der Waals surface area contributed by atoms with Crippen molar-refractivity contribution in [3.63, 3.8) is 0 Å². The predicted molar refractivity (Wildman–Crippen MR) is 59.4 cm³/mol. The molecule has 3 heteroatoms. The SMILES string of the molecule is SCCc1ccnc(CCS)c1. The Balaban J connectivity index is 2.67. The van der Waals surface area contributed by atoms with Crippen LogP contribution < -0.4 is 0 Å². The lowest BCUT2D eigenvalue weighted by Gasteiger charge is -2.00. The van der Waals surface area contributed by atoms with Gasteiger partial charge in [-0.1, -0.05) is 0 Å². The van der Waals surface area contributed by atoms with Gasteiger partial charge in [0.1, 0.15) is 0 Å². The molecule has 1 nitrogen and oxygen atoms in total. The number of thiol groups is 2. The van der Waals surface area contributed by atoms with Gasteiger partial charge in [-0.25, -0.2) is 0 Å². The highest BCUT2D eigenvalue weighted by atomic mass is 32.1. The van der Waals surface area contributed by atoms with Gasteiger partial charge in [-0.15, -0.1) is 0 Å². The minimum absolute atomic E-state index is 0.858. The smallest absolute Gasteiger partial charge is 0.0414 e. The monoisotopic (exact) mass is 199 g/mol. The van der Waals surface area contributed by atoms with Crippen molar-refractivity contribution in [2.75, 3.05) is 11.5 Å². The molecule has 0 aliphatic rings. The standard InChI is InChI=1S/C9H13NS2/c11-5-2-8-1-4-10-9(7-8)3-6-12/h1,4,7,11-12H,2-3,5-6H2. The van der Waals surface area contributed by atoms with Crippen LogP contribution in [0.25, 0.3) is 0 Å². The molecule has 1 aromatic heterocycles. The summed E-state index contributed by atoms with van der Waals surface area (Å²) in [4.78, 5) is 4.24. The first-order valence-electron chi connectivity index (χ1n) is 4.02. The Morgan fingerprint density at radius 3 is 2.58 bits per heavy atom. The van der Waals surface area contributed by atoms with Crippen LogP contribution in [0.1, 0.15) is 11.3 Å². The molecule has 0 N–H and O–H groups in total. The molecule has 0 spiro atoms. The van der Waals surface area contributed by atoms with Gasteiger partial charge in [0.15, 0.2) is 0 Å². The highest BCUT2D eigenvalue weighted by Gasteiger charge is 1.95. The number of hydrogen-bond donors (Lipinski definition) is 2. The number of hydrogen-bond acceptors (Lipinski definition) is 3. The molecule has 0 bridgehead atoms. The minimum Gasteiger partial charge on any atom is -0.261 e. The number of aromatic nitrogens is 1. The zero-order valence-electron chi connectivity index (χ0n) is 6.90. The van der Waals surface area contributed by atoms with E-state index in [-0.39, 0.29) is 0 Å². The van der Waals surface area contributed by atoms with Gasteiger partial charge in [0.05, 0.1) is 0 Å². The quantitative estimate of drug-likeness (QED) is 0.708. The van der Waals surface area contributed by atoms with E-state index in [1.165, 1.54) is 5.56 Å². The molecule has 1 aromatic rings. The molecule has 66 valence electrons. The number of pyridine rings is 1. The first-order chi connectivity index (χ1) is 5.86. The maximum Gasteiger partial charge on any atom is 0.0414 e. The van der Waals surface area contributed by atoms with Crippen molar-refractivity contribution >= 4 is 25.3 Å². The summed E-state index contributed by atoms with van der Waals surface area (Å²) in [7, 11) is 0. The molecule has 0 aliphatic heterocycles. The van der Waals surface area contributed by atoms with Gasteiger partial charge in [0.2, 0.25) is 0 Å². The third-order valence-corrected chi connectivity index (χ3v) is 2.10. The summed E-state index contributed by atoms with van der Waals surface area (Å²) in [5.74, 6) is 1.75. The van der Waals surface area contributed by atoms with Crippen LogP contribution in [0.15, 0.2) is 18.3 Å². The molecule has 0 fully saturated rings. The Morgan fingerprint density at radius 1 is 1.17 bits per heavy atom. The fourth-order valence-electron chi connectivity index (χ4n) is 1.06. The van der Waals surface area contributed by atoms with Gasteiger partial charge in [0, 0.05) is 11.9 Å². The highest BCUT2D eigenvalue weighted by Crippen LogP contribution is 2.04. The molecule has 0 saturated heterocycles. The summed E-state index contributed by atoms with van der Waals surface area (Å²) in [6, 6.07) is 4.17. The lowest BCUT2D eigenvalue weighted by atomic mass is 10.1. The Hall–Kier alpha value is -0.150. The molecule has 0 radical (unpaired) electrons. The normalized spacial score (nSPS) is 10.2. The van der Waals surface area contributed by atoms with Crippen LogP contribution in [-0.4, -0.2) is 16.5 Å². The first-order valence-corrected chi connectivity index (χ1v) is 5.29. The maximum atomic E-state index is 4.24. The fraction of sp³-hybridized carbons (Fsp3) is 0.444. The Bertz CT molecular complexity index is 216. The van der Waals surface area contributed by atoms with Crippen molar-refractivity contribution in [2.24, 2.45) is 0 Å². The van der Waals surface area contributed by atoms with Crippen LogP contribution >= 0.6 is 25.3 Å². The molecule has 0 amide bonds. The average Bonchev–Trinajstić information content (AvgIpc) is 2.06. The zero-order chi connectivity index (χ0) is 8.81. The summed E-state index contributed by atoms with van der Waals surface area (Å²) in [5, 5.41) is 0. The second-order valence-corrected chi connectivity index (χ2v) is 3.50. The third kappa shape index (κ3) is 3.07. The van der Waals surface area contributed by atoms with Crippen molar-refractivity contribution in [1.29, 1.82) is 0 Å². The number of nitrogens with zero attached hydrogens (tertiary/aromatic N) is 1. The van der Waals surface area contributed by atoms with Gasteiger partial charge >= 0.3 is 0 Å². The largest absolute Gasteiger partial charge is 0.261 e. The maximum absolute atomic E-state index is 4.24. The summed E-state index contributed by atoms with van der Waals surface area (Å²) >= 11 is 8.35. The van der Waals surface area contributed by atoms with E-state index < -0.39 is 0 Å². The van der Waals surface area contributed by atoms with Crippen LogP contribution in [0.4, 0.5) is 0 Å². The molecule has 0 unspecified atom stereocenters. The molecule has 0 saturated carbocycles. The molecule has 1 heterocycles. The minimum atomic E-state index is 0.858. The topological polar surface area (TPSA) is 12.9 Å². The number of rotatable bonds is 4. The molecular weight excluding hydrogens is 186 g/mol. The van der Waals surface area contributed by atoms with Gasteiger partial charge in [0.25, 0.3) is 0 Å². The predicted octanol–water partition coefficient (Wildman–Crippen LogP) is 2.03. The molecule has 0 atom stereocenters. The molecule has 12 heavy (non-hydrogen) atoms. The van der Waals surface area contributed by atoms with Crippen molar-refractivity contribution < 1.29 is 0 Å². The highest BCUT2D eigenvalue weighted by molar-refractivity contribution is 7.80.